The van der Waals surface area contributed by atoms with Gasteiger partial charge in [0, 0.05) is 22.5 Å². The minimum absolute atomic E-state index is 0.130. The van der Waals surface area contributed by atoms with Crippen LogP contribution in [0.25, 0.3) is 0 Å². The number of thiophene rings is 1. The lowest BCUT2D eigenvalue weighted by atomic mass is 10.1. The van der Waals surface area contributed by atoms with E-state index in [1.54, 1.807) is 17.4 Å². The lowest BCUT2D eigenvalue weighted by molar-refractivity contribution is 0.301. The number of benzene rings is 1. The third-order valence-corrected chi connectivity index (χ3v) is 4.55. The second-order valence-corrected chi connectivity index (χ2v) is 7.00. The number of halogens is 2. The Morgan fingerprint density at radius 3 is 2.80 bits per heavy atom. The zero-order chi connectivity index (χ0) is 14.5. The monoisotopic (exact) mass is 357 g/mol. The summed E-state index contributed by atoms with van der Waals surface area (Å²) >= 11 is 5.04. The molecule has 2 nitrogen and oxygen atoms in total. The zero-order valence-electron chi connectivity index (χ0n) is 11.5. The van der Waals surface area contributed by atoms with E-state index in [9.17, 15) is 4.39 Å². The highest BCUT2D eigenvalue weighted by molar-refractivity contribution is 9.11. The van der Waals surface area contributed by atoms with E-state index in [-0.39, 0.29) is 11.9 Å². The topological polar surface area (TPSA) is 21.3 Å². The average Bonchev–Trinajstić information content (AvgIpc) is 2.82. The first-order valence-corrected chi connectivity index (χ1v) is 8.11. The maximum absolute atomic E-state index is 13.4. The molecule has 2 rings (SSSR count). The van der Waals surface area contributed by atoms with Gasteiger partial charge in [0.15, 0.2) is 0 Å². The van der Waals surface area contributed by atoms with Crippen LogP contribution < -0.4 is 10.1 Å². The van der Waals surface area contributed by atoms with Gasteiger partial charge in [0.25, 0.3) is 0 Å². The van der Waals surface area contributed by atoms with Gasteiger partial charge in [-0.1, -0.05) is 13.0 Å². The summed E-state index contributed by atoms with van der Waals surface area (Å²) in [5.41, 5.74) is 0.976. The summed E-state index contributed by atoms with van der Waals surface area (Å²) in [5, 5.41) is 3.32. The number of rotatable bonds is 6. The van der Waals surface area contributed by atoms with E-state index < -0.39 is 0 Å². The first-order chi connectivity index (χ1) is 9.60. The van der Waals surface area contributed by atoms with Crippen molar-refractivity contribution in [2.75, 3.05) is 6.54 Å². The van der Waals surface area contributed by atoms with Gasteiger partial charge < -0.3 is 10.1 Å². The zero-order valence-corrected chi connectivity index (χ0v) is 13.9. The molecule has 0 spiro atoms. The van der Waals surface area contributed by atoms with Gasteiger partial charge in [0.2, 0.25) is 0 Å². The van der Waals surface area contributed by atoms with Gasteiger partial charge in [-0.3, -0.25) is 0 Å². The fourth-order valence-electron chi connectivity index (χ4n) is 1.99. The van der Waals surface area contributed by atoms with Crippen molar-refractivity contribution in [2.24, 2.45) is 0 Å². The number of nitrogens with one attached hydrogen (secondary N) is 1. The Morgan fingerprint density at radius 1 is 1.35 bits per heavy atom. The maximum Gasteiger partial charge on any atom is 0.127 e. The van der Waals surface area contributed by atoms with Gasteiger partial charge in [0.05, 0.1) is 3.79 Å². The lowest BCUT2D eigenvalue weighted by Gasteiger charge is -2.17. The van der Waals surface area contributed by atoms with Crippen LogP contribution in [0.5, 0.6) is 5.75 Å². The van der Waals surface area contributed by atoms with E-state index in [4.69, 9.17) is 4.74 Å². The molecule has 20 heavy (non-hydrogen) atoms. The molecule has 1 heterocycles. The van der Waals surface area contributed by atoms with Crippen LogP contribution in [0.3, 0.4) is 0 Å². The summed E-state index contributed by atoms with van der Waals surface area (Å²) in [5.74, 6) is 0.322. The summed E-state index contributed by atoms with van der Waals surface area (Å²) in [4.78, 5) is 1.10. The van der Waals surface area contributed by atoms with Gasteiger partial charge in [-0.25, -0.2) is 4.39 Å². The molecule has 0 aliphatic rings. The van der Waals surface area contributed by atoms with Crippen LogP contribution in [0.2, 0.25) is 0 Å². The fraction of sp³-hybridized carbons (Fsp3) is 0.333. The molecule has 0 saturated heterocycles. The quantitative estimate of drug-likeness (QED) is 0.793. The lowest BCUT2D eigenvalue weighted by Crippen LogP contribution is -2.18. The van der Waals surface area contributed by atoms with Crippen LogP contribution >= 0.6 is 27.3 Å². The fourth-order valence-corrected chi connectivity index (χ4v) is 3.38. The third-order valence-electron chi connectivity index (χ3n) is 2.95. The van der Waals surface area contributed by atoms with E-state index in [0.29, 0.717) is 12.4 Å². The molecule has 2 aromatic rings. The molecule has 0 radical (unpaired) electrons. The molecule has 1 aromatic heterocycles. The van der Waals surface area contributed by atoms with Crippen LogP contribution in [0, 0.1) is 5.82 Å². The van der Waals surface area contributed by atoms with E-state index in [2.05, 4.69) is 21.2 Å². The van der Waals surface area contributed by atoms with Gasteiger partial charge in [-0.05, 0) is 47.6 Å². The van der Waals surface area contributed by atoms with Crippen molar-refractivity contribution in [3.8, 4) is 5.75 Å². The van der Waals surface area contributed by atoms with Gasteiger partial charge in [-0.2, -0.15) is 0 Å². The first-order valence-electron chi connectivity index (χ1n) is 6.50. The Hall–Kier alpha value is -0.910. The van der Waals surface area contributed by atoms with Crippen LogP contribution in [-0.2, 0) is 6.61 Å². The first kappa shape index (κ1) is 15.5. The molecule has 1 atom stereocenters. The van der Waals surface area contributed by atoms with Crippen molar-refractivity contribution in [3.63, 3.8) is 0 Å². The Bertz CT molecular complexity index is 573. The van der Waals surface area contributed by atoms with Crippen molar-refractivity contribution in [3.05, 3.63) is 50.4 Å². The molecule has 1 N–H and O–H groups in total. The molecular formula is C15H17BrFNOS. The molecule has 0 fully saturated rings. The number of hydrogen-bond donors (Lipinski definition) is 1. The van der Waals surface area contributed by atoms with E-state index in [0.717, 1.165) is 20.8 Å². The van der Waals surface area contributed by atoms with Crippen LogP contribution in [0.1, 0.15) is 30.3 Å². The second-order valence-electron chi connectivity index (χ2n) is 4.46. The Labute approximate surface area is 131 Å². The molecule has 0 aliphatic carbocycles. The van der Waals surface area contributed by atoms with Gasteiger partial charge in [0.1, 0.15) is 18.2 Å². The minimum Gasteiger partial charge on any atom is -0.488 e. The predicted molar refractivity (Wildman–Crippen MR) is 84.8 cm³/mol. The highest BCUT2D eigenvalue weighted by atomic mass is 79.9. The summed E-state index contributed by atoms with van der Waals surface area (Å²) in [6, 6.07) is 8.82. The minimum atomic E-state index is -0.278. The second kappa shape index (κ2) is 7.20. The van der Waals surface area contributed by atoms with E-state index >= 15 is 0 Å². The maximum atomic E-state index is 13.4. The van der Waals surface area contributed by atoms with Crippen LogP contribution in [0.15, 0.2) is 34.1 Å². The van der Waals surface area contributed by atoms with Crippen molar-refractivity contribution in [1.29, 1.82) is 0 Å². The largest absolute Gasteiger partial charge is 0.488 e. The summed E-state index contributed by atoms with van der Waals surface area (Å²) < 4.78 is 20.3. The third kappa shape index (κ3) is 4.04. The van der Waals surface area contributed by atoms with Crippen molar-refractivity contribution in [2.45, 2.75) is 26.5 Å². The normalized spacial score (nSPS) is 12.4. The smallest absolute Gasteiger partial charge is 0.127 e. The molecule has 0 amide bonds. The van der Waals surface area contributed by atoms with Crippen LogP contribution in [-0.4, -0.2) is 6.54 Å². The SMILES string of the molecule is CCNC(C)c1ccc(F)cc1OCc1ccc(Br)s1. The van der Waals surface area contributed by atoms with Gasteiger partial charge >= 0.3 is 0 Å². The Morgan fingerprint density at radius 2 is 2.15 bits per heavy atom. The van der Waals surface area contributed by atoms with Crippen molar-refractivity contribution < 1.29 is 9.13 Å². The van der Waals surface area contributed by atoms with Crippen molar-refractivity contribution >= 4 is 27.3 Å². The summed E-state index contributed by atoms with van der Waals surface area (Å²) in [6.07, 6.45) is 0. The summed E-state index contributed by atoms with van der Waals surface area (Å²) in [7, 11) is 0. The average molecular weight is 358 g/mol. The highest BCUT2D eigenvalue weighted by Crippen LogP contribution is 2.28. The molecule has 5 heteroatoms. The Balaban J connectivity index is 2.14. The van der Waals surface area contributed by atoms with Crippen molar-refractivity contribution in [1.82, 2.24) is 5.32 Å². The van der Waals surface area contributed by atoms with Crippen LogP contribution in [0.4, 0.5) is 4.39 Å². The van der Waals surface area contributed by atoms with E-state index in [1.807, 2.05) is 26.0 Å². The highest BCUT2D eigenvalue weighted by Gasteiger charge is 2.12. The number of hydrogen-bond acceptors (Lipinski definition) is 3. The molecule has 1 aromatic carbocycles. The number of ether oxygens (including phenoxy) is 1. The standard InChI is InChI=1S/C15H17BrFNOS/c1-3-18-10(2)13-6-4-11(17)8-14(13)19-9-12-5-7-15(16)20-12/h4-8,10,18H,3,9H2,1-2H3. The van der Waals surface area contributed by atoms with Gasteiger partial charge in [-0.15, -0.1) is 11.3 Å². The molecule has 108 valence electrons. The predicted octanol–water partition coefficient (Wildman–Crippen LogP) is 4.90. The molecule has 0 bridgehead atoms. The molecule has 0 saturated carbocycles. The molecular weight excluding hydrogens is 341 g/mol. The molecule has 1 unspecified atom stereocenters. The molecule has 0 aliphatic heterocycles. The Kier molecular flexibility index (Phi) is 5.57. The van der Waals surface area contributed by atoms with E-state index in [1.165, 1.54) is 12.1 Å². The summed E-state index contributed by atoms with van der Waals surface area (Å²) in [6.45, 7) is 5.40.